The normalized spacial score (nSPS) is 12.2. The highest BCUT2D eigenvalue weighted by Gasteiger charge is 2.18. The van der Waals surface area contributed by atoms with E-state index in [-0.39, 0.29) is 10.8 Å². The van der Waals surface area contributed by atoms with Crippen LogP contribution in [0.25, 0.3) is 0 Å². The van der Waals surface area contributed by atoms with Gasteiger partial charge in [-0.3, -0.25) is 9.52 Å². The number of aryl methyl sites for hydroxylation is 2. The molecule has 0 fully saturated rings. The standard InChI is InChI=1S/C24H25ClN2O4S/c1-15-13-16(2)17(3)23(14-15)31-18(4)24(28)26-20-9-11-22(12-10-20)32(29,30)27-21-7-5-19(25)6-8-21/h5-14,18,27H,1-4H3,(H,26,28)/t18-/m0/s1. The van der Waals surface area contributed by atoms with Gasteiger partial charge in [-0.1, -0.05) is 17.7 Å². The Labute approximate surface area is 193 Å². The summed E-state index contributed by atoms with van der Waals surface area (Å²) in [5, 5.41) is 3.26. The minimum atomic E-state index is -3.77. The molecule has 0 saturated carbocycles. The van der Waals surface area contributed by atoms with E-state index in [0.29, 0.717) is 22.1 Å². The van der Waals surface area contributed by atoms with Gasteiger partial charge in [-0.25, -0.2) is 8.42 Å². The number of nitrogens with one attached hydrogen (secondary N) is 2. The fourth-order valence-corrected chi connectivity index (χ4v) is 4.25. The number of carbonyl (C=O) groups excluding carboxylic acids is 1. The molecule has 0 saturated heterocycles. The predicted molar refractivity (Wildman–Crippen MR) is 128 cm³/mol. The molecule has 2 N–H and O–H groups in total. The van der Waals surface area contributed by atoms with E-state index in [9.17, 15) is 13.2 Å². The molecule has 0 heterocycles. The van der Waals surface area contributed by atoms with Gasteiger partial charge < -0.3 is 10.1 Å². The molecule has 0 radical (unpaired) electrons. The number of hydrogen-bond donors (Lipinski definition) is 2. The van der Waals surface area contributed by atoms with Crippen LogP contribution in [0.2, 0.25) is 5.02 Å². The van der Waals surface area contributed by atoms with Gasteiger partial charge in [-0.15, -0.1) is 0 Å². The van der Waals surface area contributed by atoms with E-state index < -0.39 is 16.1 Å². The molecule has 1 amide bonds. The average Bonchev–Trinajstić information content (AvgIpc) is 2.73. The van der Waals surface area contributed by atoms with Crippen LogP contribution >= 0.6 is 11.6 Å². The summed E-state index contributed by atoms with van der Waals surface area (Å²) in [7, 11) is -3.77. The number of rotatable bonds is 7. The molecule has 0 unspecified atom stereocenters. The quantitative estimate of drug-likeness (QED) is 0.477. The largest absolute Gasteiger partial charge is 0.481 e. The number of benzene rings is 3. The first-order valence-electron chi connectivity index (χ1n) is 9.99. The average molecular weight is 473 g/mol. The summed E-state index contributed by atoms with van der Waals surface area (Å²) in [4.78, 5) is 12.6. The second kappa shape index (κ2) is 9.63. The van der Waals surface area contributed by atoms with Gasteiger partial charge in [0.15, 0.2) is 6.10 Å². The van der Waals surface area contributed by atoms with Crippen LogP contribution in [0.15, 0.2) is 65.6 Å². The van der Waals surface area contributed by atoms with E-state index >= 15 is 0 Å². The zero-order valence-electron chi connectivity index (χ0n) is 18.3. The fraction of sp³-hybridized carbons (Fsp3) is 0.208. The number of ether oxygens (including phenoxy) is 1. The van der Waals surface area contributed by atoms with Gasteiger partial charge >= 0.3 is 0 Å². The summed E-state index contributed by atoms with van der Waals surface area (Å²) in [6.07, 6.45) is -0.732. The van der Waals surface area contributed by atoms with Gasteiger partial charge in [-0.05, 0) is 99.0 Å². The maximum atomic E-state index is 12.6. The molecule has 0 aromatic heterocycles. The van der Waals surface area contributed by atoms with Crippen molar-refractivity contribution in [1.29, 1.82) is 0 Å². The van der Waals surface area contributed by atoms with Gasteiger partial charge in [0.2, 0.25) is 0 Å². The molecular formula is C24H25ClN2O4S. The Morgan fingerprint density at radius 3 is 2.16 bits per heavy atom. The lowest BCUT2D eigenvalue weighted by atomic mass is 10.1. The molecule has 0 bridgehead atoms. The van der Waals surface area contributed by atoms with Crippen LogP contribution in [0.3, 0.4) is 0 Å². The molecular weight excluding hydrogens is 448 g/mol. The Morgan fingerprint density at radius 1 is 0.938 bits per heavy atom. The lowest BCUT2D eigenvalue weighted by Gasteiger charge is -2.18. The minimum absolute atomic E-state index is 0.0700. The van der Waals surface area contributed by atoms with Gasteiger partial charge in [0.05, 0.1) is 4.90 Å². The van der Waals surface area contributed by atoms with Gasteiger partial charge in [0.1, 0.15) is 5.75 Å². The van der Waals surface area contributed by atoms with E-state index in [1.54, 1.807) is 31.2 Å². The van der Waals surface area contributed by atoms with Crippen LogP contribution in [-0.4, -0.2) is 20.4 Å². The van der Waals surface area contributed by atoms with Gasteiger partial charge in [-0.2, -0.15) is 0 Å². The number of hydrogen-bond acceptors (Lipinski definition) is 4. The Bertz CT molecular complexity index is 1220. The van der Waals surface area contributed by atoms with Crippen LogP contribution in [0.5, 0.6) is 5.75 Å². The number of anilines is 2. The number of sulfonamides is 1. The van der Waals surface area contributed by atoms with Crippen LogP contribution in [0, 0.1) is 20.8 Å². The molecule has 0 aliphatic carbocycles. The third kappa shape index (κ3) is 5.81. The van der Waals surface area contributed by atoms with E-state index in [1.807, 2.05) is 26.8 Å². The van der Waals surface area contributed by atoms with Crippen molar-refractivity contribution in [2.24, 2.45) is 0 Å². The third-order valence-corrected chi connectivity index (χ3v) is 6.61. The zero-order valence-corrected chi connectivity index (χ0v) is 19.8. The molecule has 3 aromatic rings. The van der Waals surface area contributed by atoms with Crippen molar-refractivity contribution in [3.05, 3.63) is 82.4 Å². The Morgan fingerprint density at radius 2 is 1.53 bits per heavy atom. The highest BCUT2D eigenvalue weighted by Crippen LogP contribution is 2.25. The maximum absolute atomic E-state index is 12.6. The fourth-order valence-electron chi connectivity index (χ4n) is 3.06. The summed E-state index contributed by atoms with van der Waals surface area (Å²) in [5.41, 5.74) is 4.00. The first-order chi connectivity index (χ1) is 15.0. The summed E-state index contributed by atoms with van der Waals surface area (Å²) in [6, 6.07) is 16.2. The third-order valence-electron chi connectivity index (χ3n) is 4.97. The smallest absolute Gasteiger partial charge is 0.265 e. The van der Waals surface area contributed by atoms with Gasteiger partial charge in [0.25, 0.3) is 15.9 Å². The van der Waals surface area contributed by atoms with Crippen molar-refractivity contribution in [3.63, 3.8) is 0 Å². The van der Waals surface area contributed by atoms with Crippen molar-refractivity contribution in [1.82, 2.24) is 0 Å². The molecule has 0 aliphatic heterocycles. The van der Waals surface area contributed by atoms with Crippen molar-refractivity contribution >= 4 is 38.9 Å². The second-order valence-electron chi connectivity index (χ2n) is 7.59. The molecule has 0 spiro atoms. The molecule has 3 rings (SSSR count). The minimum Gasteiger partial charge on any atom is -0.481 e. The monoisotopic (exact) mass is 472 g/mol. The molecule has 6 nitrogen and oxygen atoms in total. The molecule has 168 valence electrons. The van der Waals surface area contributed by atoms with Crippen LogP contribution in [0.4, 0.5) is 11.4 Å². The highest BCUT2D eigenvalue weighted by atomic mass is 35.5. The van der Waals surface area contributed by atoms with E-state index in [2.05, 4.69) is 16.1 Å². The summed E-state index contributed by atoms with van der Waals surface area (Å²) < 4.78 is 33.5. The van der Waals surface area contributed by atoms with E-state index in [4.69, 9.17) is 16.3 Å². The molecule has 8 heteroatoms. The Balaban J connectivity index is 1.66. The van der Waals surface area contributed by atoms with Crippen molar-refractivity contribution < 1.29 is 17.9 Å². The van der Waals surface area contributed by atoms with Crippen molar-refractivity contribution in [2.45, 2.75) is 38.7 Å². The summed E-state index contributed by atoms with van der Waals surface area (Å²) in [6.45, 7) is 7.59. The van der Waals surface area contributed by atoms with Crippen LogP contribution < -0.4 is 14.8 Å². The lowest BCUT2D eigenvalue weighted by Crippen LogP contribution is -2.30. The van der Waals surface area contributed by atoms with Crippen molar-refractivity contribution in [3.8, 4) is 5.75 Å². The van der Waals surface area contributed by atoms with Crippen molar-refractivity contribution in [2.75, 3.05) is 10.0 Å². The summed E-state index contributed by atoms with van der Waals surface area (Å²) >= 11 is 5.83. The number of amides is 1. The molecule has 3 aromatic carbocycles. The molecule has 1 atom stereocenters. The first kappa shape index (κ1) is 23.6. The Hall–Kier alpha value is -3.03. The predicted octanol–water partition coefficient (Wildman–Crippen LogP) is 5.47. The Kier molecular flexibility index (Phi) is 7.11. The van der Waals surface area contributed by atoms with Crippen LogP contribution in [0.1, 0.15) is 23.6 Å². The van der Waals surface area contributed by atoms with E-state index in [0.717, 1.165) is 16.7 Å². The van der Waals surface area contributed by atoms with Gasteiger partial charge in [0, 0.05) is 16.4 Å². The topological polar surface area (TPSA) is 84.5 Å². The maximum Gasteiger partial charge on any atom is 0.265 e. The first-order valence-corrected chi connectivity index (χ1v) is 11.8. The van der Waals surface area contributed by atoms with Crippen LogP contribution in [-0.2, 0) is 14.8 Å². The second-order valence-corrected chi connectivity index (χ2v) is 9.71. The molecule has 0 aliphatic rings. The lowest BCUT2D eigenvalue weighted by molar-refractivity contribution is -0.122. The number of carbonyl (C=O) groups is 1. The zero-order chi connectivity index (χ0) is 23.5. The SMILES string of the molecule is Cc1cc(C)c(C)c(O[C@@H](C)C(=O)Nc2ccc(S(=O)(=O)Nc3ccc(Cl)cc3)cc2)c1. The van der Waals surface area contributed by atoms with E-state index in [1.165, 1.54) is 24.3 Å². The summed E-state index contributed by atoms with van der Waals surface area (Å²) in [5.74, 6) is 0.332. The highest BCUT2D eigenvalue weighted by molar-refractivity contribution is 7.92. The number of halogens is 1. The molecule has 32 heavy (non-hydrogen) atoms.